The predicted octanol–water partition coefficient (Wildman–Crippen LogP) is 3.72. The van der Waals surface area contributed by atoms with Crippen molar-refractivity contribution in [3.8, 4) is 11.3 Å². The van der Waals surface area contributed by atoms with Crippen molar-refractivity contribution in [2.45, 2.75) is 20.8 Å². The van der Waals surface area contributed by atoms with E-state index in [-0.39, 0.29) is 11.5 Å². The van der Waals surface area contributed by atoms with E-state index in [9.17, 15) is 9.59 Å². The Labute approximate surface area is 169 Å². The number of aromatic amines is 1. The topological polar surface area (TPSA) is 102 Å². The fraction of sp³-hybridized carbons (Fsp3) is 0.200. The lowest BCUT2D eigenvalue weighted by atomic mass is 10.1. The molecular weight excluding hydrogens is 392 g/mol. The quantitative estimate of drug-likeness (QED) is 0.399. The first-order chi connectivity index (χ1) is 14.0. The third kappa shape index (κ3) is 3.29. The van der Waals surface area contributed by atoms with Gasteiger partial charge >= 0.3 is 5.97 Å². The Kier molecular flexibility index (Phi) is 4.89. The van der Waals surface area contributed by atoms with Gasteiger partial charge in [-0.25, -0.2) is 9.78 Å². The van der Waals surface area contributed by atoms with Crippen LogP contribution in [0.3, 0.4) is 0 Å². The van der Waals surface area contributed by atoms with Gasteiger partial charge in [0.15, 0.2) is 0 Å². The summed E-state index contributed by atoms with van der Waals surface area (Å²) < 4.78 is 11.7. The molecule has 29 heavy (non-hydrogen) atoms. The molecule has 4 heterocycles. The Morgan fingerprint density at radius 2 is 2.28 bits per heavy atom. The number of carbonyl (C=O) groups is 1. The van der Waals surface area contributed by atoms with Gasteiger partial charge < -0.3 is 14.1 Å². The molecule has 4 aromatic rings. The second kappa shape index (κ2) is 7.51. The molecule has 0 aliphatic heterocycles. The molecule has 0 spiro atoms. The smallest absolute Gasteiger partial charge is 0.340 e. The highest BCUT2D eigenvalue weighted by molar-refractivity contribution is 7.17. The lowest BCUT2D eigenvalue weighted by Crippen LogP contribution is -2.16. The fourth-order valence-corrected chi connectivity index (χ4v) is 4.04. The van der Waals surface area contributed by atoms with Gasteiger partial charge in [0.05, 0.1) is 35.7 Å². The Morgan fingerprint density at radius 1 is 1.45 bits per heavy atom. The van der Waals surface area contributed by atoms with Crippen molar-refractivity contribution in [3.63, 3.8) is 0 Å². The molecule has 0 saturated heterocycles. The molecule has 0 fully saturated rings. The molecule has 9 heteroatoms. The second-order valence-corrected chi connectivity index (χ2v) is 7.19. The van der Waals surface area contributed by atoms with E-state index in [4.69, 9.17) is 9.15 Å². The second-order valence-electron chi connectivity index (χ2n) is 6.33. The van der Waals surface area contributed by atoms with Gasteiger partial charge in [0.2, 0.25) is 0 Å². The fourth-order valence-electron chi connectivity index (χ4n) is 3.15. The van der Waals surface area contributed by atoms with Gasteiger partial charge in [0.25, 0.3) is 5.56 Å². The molecule has 0 aliphatic carbocycles. The molecular formula is C20H18N4O4S. The van der Waals surface area contributed by atoms with Gasteiger partial charge in [-0.1, -0.05) is 0 Å². The van der Waals surface area contributed by atoms with E-state index >= 15 is 0 Å². The van der Waals surface area contributed by atoms with Crippen molar-refractivity contribution in [1.82, 2.24) is 14.6 Å². The molecule has 0 aromatic carbocycles. The third-order valence-electron chi connectivity index (χ3n) is 4.53. The maximum atomic E-state index is 13.0. The zero-order valence-electron chi connectivity index (χ0n) is 16.1. The molecule has 0 unspecified atom stereocenters. The number of esters is 1. The van der Waals surface area contributed by atoms with Gasteiger partial charge in [-0.2, -0.15) is 9.78 Å². The first-order valence-corrected chi connectivity index (χ1v) is 9.82. The van der Waals surface area contributed by atoms with Crippen LogP contribution in [0.4, 0.5) is 0 Å². The molecule has 1 N–H and O–H groups in total. The monoisotopic (exact) mass is 410 g/mol. The molecule has 0 saturated carbocycles. The van der Waals surface area contributed by atoms with Gasteiger partial charge in [0, 0.05) is 16.6 Å². The summed E-state index contributed by atoms with van der Waals surface area (Å²) in [5, 5.41) is 6.55. The summed E-state index contributed by atoms with van der Waals surface area (Å²) >= 11 is 1.37. The highest BCUT2D eigenvalue weighted by Crippen LogP contribution is 2.30. The molecule has 0 atom stereocenters. The maximum absolute atomic E-state index is 13.0. The summed E-state index contributed by atoms with van der Waals surface area (Å²) in [6, 6.07) is 3.56. The Bertz CT molecular complexity index is 1280. The van der Waals surface area contributed by atoms with Crippen molar-refractivity contribution in [2.24, 2.45) is 5.10 Å². The van der Waals surface area contributed by atoms with Crippen LogP contribution in [0.2, 0.25) is 0 Å². The van der Waals surface area contributed by atoms with Crippen molar-refractivity contribution in [2.75, 3.05) is 6.61 Å². The summed E-state index contributed by atoms with van der Waals surface area (Å²) in [6.45, 7) is 5.65. The molecule has 0 aliphatic rings. The van der Waals surface area contributed by atoms with Gasteiger partial charge in [-0.15, -0.1) is 11.3 Å². The molecule has 0 bridgehead atoms. The minimum atomic E-state index is -0.389. The number of nitrogens with one attached hydrogen (secondary N) is 1. The standard InChI is InChI=1S/C20H18N4O4S/c1-4-27-20(26)16-11(2)14(23-12(16)3)8-22-24-10-21-18-17(19(24)25)13(9-29-18)15-6-5-7-28-15/h5-10,23H,4H2,1-3H3/b22-8+. The van der Waals surface area contributed by atoms with Crippen LogP contribution in [-0.2, 0) is 4.74 Å². The van der Waals surface area contributed by atoms with Crippen LogP contribution in [-0.4, -0.2) is 33.4 Å². The number of furan rings is 1. The van der Waals surface area contributed by atoms with Crippen molar-refractivity contribution in [3.05, 3.63) is 63.0 Å². The SMILES string of the molecule is CCOC(=O)c1c(C)[nH]c(/C=N/n2cnc3scc(-c4ccco4)c3c2=O)c1C. The lowest BCUT2D eigenvalue weighted by molar-refractivity contribution is 0.0525. The average Bonchev–Trinajstić information content (AvgIpc) is 3.41. The van der Waals surface area contributed by atoms with E-state index in [1.54, 1.807) is 39.2 Å². The number of rotatable bonds is 5. The van der Waals surface area contributed by atoms with E-state index in [2.05, 4.69) is 15.1 Å². The zero-order valence-corrected chi connectivity index (χ0v) is 16.9. The number of aryl methyl sites for hydroxylation is 1. The van der Waals surface area contributed by atoms with Crippen molar-refractivity contribution >= 4 is 33.7 Å². The van der Waals surface area contributed by atoms with E-state index in [1.807, 2.05) is 5.38 Å². The van der Waals surface area contributed by atoms with Crippen LogP contribution in [0, 0.1) is 13.8 Å². The largest absolute Gasteiger partial charge is 0.464 e. The number of fused-ring (bicyclic) bond motifs is 1. The van der Waals surface area contributed by atoms with Crippen LogP contribution < -0.4 is 5.56 Å². The highest BCUT2D eigenvalue weighted by atomic mass is 32.1. The molecule has 4 aromatic heterocycles. The highest BCUT2D eigenvalue weighted by Gasteiger charge is 2.19. The minimum absolute atomic E-state index is 0.298. The van der Waals surface area contributed by atoms with E-state index in [0.29, 0.717) is 50.7 Å². The Morgan fingerprint density at radius 3 is 3.00 bits per heavy atom. The number of hydrogen-bond acceptors (Lipinski definition) is 7. The number of thiophene rings is 1. The molecule has 148 valence electrons. The van der Waals surface area contributed by atoms with Crippen LogP contribution in [0.25, 0.3) is 21.5 Å². The number of H-pyrrole nitrogens is 1. The van der Waals surface area contributed by atoms with Crippen LogP contribution in [0.5, 0.6) is 0 Å². The number of aromatic nitrogens is 3. The summed E-state index contributed by atoms with van der Waals surface area (Å²) in [4.78, 5) is 33.2. The van der Waals surface area contributed by atoms with Gasteiger partial charge in [0.1, 0.15) is 16.9 Å². The average molecular weight is 410 g/mol. The lowest BCUT2D eigenvalue weighted by Gasteiger charge is -2.02. The first-order valence-electron chi connectivity index (χ1n) is 8.94. The van der Waals surface area contributed by atoms with E-state index in [1.165, 1.54) is 28.6 Å². The minimum Gasteiger partial charge on any atom is -0.464 e. The molecule has 4 rings (SSSR count). The summed E-state index contributed by atoms with van der Waals surface area (Å²) in [5.74, 6) is 0.215. The predicted molar refractivity (Wildman–Crippen MR) is 111 cm³/mol. The third-order valence-corrected chi connectivity index (χ3v) is 5.42. The van der Waals surface area contributed by atoms with E-state index < -0.39 is 0 Å². The summed E-state index contributed by atoms with van der Waals surface area (Å²) in [5.41, 5.74) is 2.88. The van der Waals surface area contributed by atoms with Crippen molar-refractivity contribution < 1.29 is 13.9 Å². The first kappa shape index (κ1) is 18.9. The van der Waals surface area contributed by atoms with Crippen molar-refractivity contribution in [1.29, 1.82) is 0 Å². The number of hydrogen-bond donors (Lipinski definition) is 1. The van der Waals surface area contributed by atoms with E-state index in [0.717, 1.165) is 0 Å². The van der Waals surface area contributed by atoms with Gasteiger partial charge in [-0.05, 0) is 38.5 Å². The molecule has 0 amide bonds. The molecule has 8 nitrogen and oxygen atoms in total. The molecule has 0 radical (unpaired) electrons. The van der Waals surface area contributed by atoms with Crippen LogP contribution >= 0.6 is 11.3 Å². The summed E-state index contributed by atoms with van der Waals surface area (Å²) in [6.07, 6.45) is 4.43. The Hall–Kier alpha value is -3.46. The van der Waals surface area contributed by atoms with Crippen LogP contribution in [0.15, 0.2) is 44.4 Å². The zero-order chi connectivity index (χ0) is 20.5. The maximum Gasteiger partial charge on any atom is 0.340 e. The number of ether oxygens (including phenoxy) is 1. The normalized spacial score (nSPS) is 11.6. The number of carbonyl (C=O) groups excluding carboxylic acids is 1. The summed E-state index contributed by atoms with van der Waals surface area (Å²) in [7, 11) is 0. The Balaban J connectivity index is 1.74. The van der Waals surface area contributed by atoms with Gasteiger partial charge in [-0.3, -0.25) is 4.79 Å². The van der Waals surface area contributed by atoms with Crippen LogP contribution in [0.1, 0.15) is 34.2 Å². The number of nitrogens with zero attached hydrogens (tertiary/aromatic N) is 3.